The van der Waals surface area contributed by atoms with Crippen molar-refractivity contribution in [2.24, 2.45) is 0 Å². The van der Waals surface area contributed by atoms with Gasteiger partial charge >= 0.3 is 12.6 Å². The molecule has 1 heterocycles. The zero-order chi connectivity index (χ0) is 21.2. The van der Waals surface area contributed by atoms with Gasteiger partial charge in [-0.05, 0) is 47.9 Å². The van der Waals surface area contributed by atoms with Crippen molar-refractivity contribution >= 4 is 21.7 Å². The lowest BCUT2D eigenvalue weighted by Crippen LogP contribution is -2.27. The van der Waals surface area contributed by atoms with E-state index >= 15 is 0 Å². The summed E-state index contributed by atoms with van der Waals surface area (Å²) in [6.07, 6.45) is 1.64. The fourth-order valence-corrected chi connectivity index (χ4v) is 4.03. The molecule has 29 heavy (non-hydrogen) atoms. The van der Waals surface area contributed by atoms with E-state index in [1.165, 1.54) is 35.7 Å². The van der Waals surface area contributed by atoms with Gasteiger partial charge in [0.25, 0.3) is 0 Å². The Kier molecular flexibility index (Phi) is 5.92. The molecule has 3 rings (SSSR count). The fourth-order valence-electron chi connectivity index (χ4n) is 3.07. The van der Waals surface area contributed by atoms with Crippen LogP contribution in [0.15, 0.2) is 36.4 Å². The number of anilines is 1. The molecule has 7 nitrogen and oxygen atoms in total. The van der Waals surface area contributed by atoms with Crippen LogP contribution >= 0.6 is 0 Å². The van der Waals surface area contributed by atoms with Crippen LogP contribution in [0.5, 0.6) is 11.5 Å². The molecule has 0 amide bonds. The van der Waals surface area contributed by atoms with E-state index in [1.54, 1.807) is 12.1 Å². The number of carbonyl (C=O) groups excluding carboxylic acids is 1. The molecule has 0 atom stereocenters. The summed E-state index contributed by atoms with van der Waals surface area (Å²) in [6.45, 7) is -2.75. The molecule has 0 aliphatic carbocycles. The largest absolute Gasteiger partial charge is 0.493 e. The number of alkyl halides is 2. The number of sulfonamides is 1. The summed E-state index contributed by atoms with van der Waals surface area (Å²) in [7, 11) is -2.05. The molecule has 0 saturated carbocycles. The molecule has 0 bridgehead atoms. The average molecular weight is 427 g/mol. The normalized spacial score (nSPS) is 13.3. The van der Waals surface area contributed by atoms with Crippen LogP contribution in [-0.4, -0.2) is 40.9 Å². The molecule has 10 heteroatoms. The third kappa shape index (κ3) is 4.76. The Hall–Kier alpha value is -2.88. The number of esters is 1. The summed E-state index contributed by atoms with van der Waals surface area (Å²) in [5.74, 6) is -0.610. The number of hydrogen-bond acceptors (Lipinski definition) is 6. The van der Waals surface area contributed by atoms with Gasteiger partial charge in [0.1, 0.15) is 6.61 Å². The maximum absolute atomic E-state index is 12.4. The predicted molar refractivity (Wildman–Crippen MR) is 101 cm³/mol. The minimum atomic E-state index is -3.37. The summed E-state index contributed by atoms with van der Waals surface area (Å²) in [4.78, 5) is 12.4. The molecule has 0 aromatic heterocycles. The molecule has 2 aromatic carbocycles. The average Bonchev–Trinajstić information content (AvgIpc) is 3.10. The van der Waals surface area contributed by atoms with Gasteiger partial charge in [-0.1, -0.05) is 6.07 Å². The van der Waals surface area contributed by atoms with E-state index in [9.17, 15) is 22.0 Å². The molecule has 1 aliphatic rings. The van der Waals surface area contributed by atoms with Gasteiger partial charge in [-0.3, -0.25) is 4.31 Å². The SMILES string of the molecule is COc1cc(COC(=O)c2ccc3c(c2)CCN3S(C)(=O)=O)ccc1OC(F)F. The maximum atomic E-state index is 12.4. The zero-order valence-corrected chi connectivity index (χ0v) is 16.5. The topological polar surface area (TPSA) is 82.1 Å². The lowest BCUT2D eigenvalue weighted by atomic mass is 10.1. The third-order valence-corrected chi connectivity index (χ3v) is 5.56. The van der Waals surface area contributed by atoms with E-state index in [4.69, 9.17) is 9.47 Å². The molecule has 0 unspecified atom stereocenters. The third-order valence-electron chi connectivity index (χ3n) is 4.38. The standard InChI is InChI=1S/C19H19F2NO6S/c1-26-17-9-12(3-6-16(17)28-19(20)21)11-27-18(23)14-4-5-15-13(10-14)7-8-22(15)29(2,24)25/h3-6,9-10,19H,7-8,11H2,1-2H3. The number of hydrogen-bond donors (Lipinski definition) is 0. The summed E-state index contributed by atoms with van der Waals surface area (Å²) in [5, 5.41) is 0. The fraction of sp³-hybridized carbons (Fsp3) is 0.316. The van der Waals surface area contributed by atoms with Gasteiger partial charge in [-0.2, -0.15) is 8.78 Å². The molecule has 2 aromatic rings. The summed E-state index contributed by atoms with van der Waals surface area (Å²) in [5.41, 5.74) is 2.13. The molecule has 0 saturated heterocycles. The van der Waals surface area contributed by atoms with E-state index in [0.29, 0.717) is 29.8 Å². The highest BCUT2D eigenvalue weighted by Crippen LogP contribution is 2.32. The molecular weight excluding hydrogens is 408 g/mol. The van der Waals surface area contributed by atoms with Crippen molar-refractivity contribution < 1.29 is 36.2 Å². The van der Waals surface area contributed by atoms with E-state index in [0.717, 1.165) is 11.8 Å². The van der Waals surface area contributed by atoms with Crippen LogP contribution in [-0.2, 0) is 27.8 Å². The van der Waals surface area contributed by atoms with Crippen molar-refractivity contribution in [2.45, 2.75) is 19.6 Å². The zero-order valence-electron chi connectivity index (χ0n) is 15.7. The number of rotatable bonds is 7. The Morgan fingerprint density at radius 1 is 1.17 bits per heavy atom. The van der Waals surface area contributed by atoms with Crippen LogP contribution in [0.2, 0.25) is 0 Å². The van der Waals surface area contributed by atoms with E-state index < -0.39 is 22.6 Å². The van der Waals surface area contributed by atoms with Crippen LogP contribution < -0.4 is 13.8 Å². The van der Waals surface area contributed by atoms with E-state index in [-0.39, 0.29) is 18.1 Å². The molecule has 0 radical (unpaired) electrons. The van der Waals surface area contributed by atoms with Gasteiger partial charge in [-0.25, -0.2) is 13.2 Å². The lowest BCUT2D eigenvalue weighted by Gasteiger charge is -2.16. The first kappa shape index (κ1) is 20.8. The number of carbonyl (C=O) groups is 1. The van der Waals surface area contributed by atoms with Crippen LogP contribution in [0, 0.1) is 0 Å². The summed E-state index contributed by atoms with van der Waals surface area (Å²) in [6, 6.07) is 8.94. The Balaban J connectivity index is 1.69. The molecular formula is C19H19F2NO6S. The Morgan fingerprint density at radius 3 is 2.59 bits per heavy atom. The van der Waals surface area contributed by atoms with Crippen molar-refractivity contribution in [2.75, 3.05) is 24.2 Å². The molecule has 0 fully saturated rings. The van der Waals surface area contributed by atoms with Gasteiger partial charge in [0.15, 0.2) is 11.5 Å². The number of methoxy groups -OCH3 is 1. The molecule has 156 valence electrons. The minimum absolute atomic E-state index is 0.0947. The minimum Gasteiger partial charge on any atom is -0.493 e. The number of fused-ring (bicyclic) bond motifs is 1. The highest BCUT2D eigenvalue weighted by molar-refractivity contribution is 7.92. The number of ether oxygens (including phenoxy) is 3. The highest BCUT2D eigenvalue weighted by Gasteiger charge is 2.27. The van der Waals surface area contributed by atoms with E-state index in [2.05, 4.69) is 4.74 Å². The Labute approximate surface area is 166 Å². The molecule has 0 N–H and O–H groups in total. The van der Waals surface area contributed by atoms with Crippen LogP contribution in [0.25, 0.3) is 0 Å². The quantitative estimate of drug-likeness (QED) is 0.632. The summed E-state index contributed by atoms with van der Waals surface area (Å²) >= 11 is 0. The van der Waals surface area contributed by atoms with Crippen molar-refractivity contribution in [1.82, 2.24) is 0 Å². The Morgan fingerprint density at radius 2 is 1.93 bits per heavy atom. The first-order valence-corrected chi connectivity index (χ1v) is 10.4. The van der Waals surface area contributed by atoms with Gasteiger partial charge in [0, 0.05) is 6.54 Å². The number of nitrogens with zero attached hydrogens (tertiary/aromatic N) is 1. The van der Waals surface area contributed by atoms with Gasteiger partial charge in [0.05, 0.1) is 24.6 Å². The van der Waals surface area contributed by atoms with Gasteiger partial charge < -0.3 is 14.2 Å². The molecule has 1 aliphatic heterocycles. The van der Waals surface area contributed by atoms with Crippen molar-refractivity contribution in [3.63, 3.8) is 0 Å². The number of halogens is 2. The van der Waals surface area contributed by atoms with E-state index in [1.807, 2.05) is 0 Å². The predicted octanol–water partition coefficient (Wildman–Crippen LogP) is 2.98. The first-order valence-electron chi connectivity index (χ1n) is 8.58. The molecule has 0 spiro atoms. The van der Waals surface area contributed by atoms with Gasteiger partial charge in [0.2, 0.25) is 10.0 Å². The Bertz CT molecular complexity index is 1030. The van der Waals surface area contributed by atoms with Crippen LogP contribution in [0.3, 0.4) is 0 Å². The van der Waals surface area contributed by atoms with Crippen molar-refractivity contribution in [3.05, 3.63) is 53.1 Å². The number of benzene rings is 2. The van der Waals surface area contributed by atoms with Crippen molar-refractivity contribution in [1.29, 1.82) is 0 Å². The van der Waals surface area contributed by atoms with Gasteiger partial charge in [-0.15, -0.1) is 0 Å². The smallest absolute Gasteiger partial charge is 0.387 e. The first-order chi connectivity index (χ1) is 13.7. The second kappa shape index (κ2) is 8.24. The van der Waals surface area contributed by atoms with Crippen molar-refractivity contribution in [3.8, 4) is 11.5 Å². The summed E-state index contributed by atoms with van der Waals surface area (Å²) < 4.78 is 64.3. The monoisotopic (exact) mass is 427 g/mol. The van der Waals surface area contributed by atoms with Crippen LogP contribution in [0.1, 0.15) is 21.5 Å². The second-order valence-corrected chi connectivity index (χ2v) is 8.28. The lowest BCUT2D eigenvalue weighted by molar-refractivity contribution is -0.0512. The maximum Gasteiger partial charge on any atom is 0.387 e. The second-order valence-electron chi connectivity index (χ2n) is 6.37. The highest BCUT2D eigenvalue weighted by atomic mass is 32.2. The van der Waals surface area contributed by atoms with Crippen LogP contribution in [0.4, 0.5) is 14.5 Å².